The molecule has 1 atom stereocenters. The highest BCUT2D eigenvalue weighted by molar-refractivity contribution is 6.30. The first kappa shape index (κ1) is 14.4. The van der Waals surface area contributed by atoms with Gasteiger partial charge in [-0.15, -0.1) is 5.10 Å². The van der Waals surface area contributed by atoms with Gasteiger partial charge in [0, 0.05) is 18.7 Å². The van der Waals surface area contributed by atoms with Crippen molar-refractivity contribution in [2.24, 2.45) is 0 Å². The zero-order valence-corrected chi connectivity index (χ0v) is 11.6. The summed E-state index contributed by atoms with van der Waals surface area (Å²) in [7, 11) is 1.58. The minimum absolute atomic E-state index is 0.0684. The molecule has 1 amide bonds. The summed E-state index contributed by atoms with van der Waals surface area (Å²) in [5.74, 6) is -0.193. The highest BCUT2D eigenvalue weighted by Crippen LogP contribution is 2.19. The summed E-state index contributed by atoms with van der Waals surface area (Å²) in [6, 6.07) is 7.33. The molecule has 20 heavy (non-hydrogen) atoms. The van der Waals surface area contributed by atoms with Gasteiger partial charge in [0.05, 0.1) is 6.10 Å². The van der Waals surface area contributed by atoms with Crippen LogP contribution in [0, 0.1) is 0 Å². The molecular weight excluding hydrogens is 282 g/mol. The lowest BCUT2D eigenvalue weighted by molar-refractivity contribution is -0.122. The first-order valence-corrected chi connectivity index (χ1v) is 6.32. The van der Waals surface area contributed by atoms with E-state index >= 15 is 0 Å². The molecule has 2 aromatic rings. The molecule has 2 rings (SSSR count). The topological polar surface area (TPSA) is 81.9 Å². The molecule has 106 valence electrons. The Morgan fingerprint density at radius 2 is 2.40 bits per heavy atom. The van der Waals surface area contributed by atoms with Crippen molar-refractivity contribution in [2.75, 3.05) is 13.7 Å². The van der Waals surface area contributed by atoms with Gasteiger partial charge in [-0.25, -0.2) is 4.68 Å². The van der Waals surface area contributed by atoms with E-state index in [0.717, 1.165) is 5.56 Å². The monoisotopic (exact) mass is 295 g/mol. The minimum Gasteiger partial charge on any atom is -0.375 e. The molecule has 0 aliphatic heterocycles. The average molecular weight is 296 g/mol. The lowest BCUT2D eigenvalue weighted by Crippen LogP contribution is -2.32. The number of halogens is 1. The Labute approximate surface area is 120 Å². The maximum Gasteiger partial charge on any atom is 0.241 e. The Bertz CT molecular complexity index is 561. The lowest BCUT2D eigenvalue weighted by Gasteiger charge is -2.16. The summed E-state index contributed by atoms with van der Waals surface area (Å²) in [4.78, 5) is 11.7. The Kier molecular flexibility index (Phi) is 5.03. The Hall–Kier alpha value is -1.99. The number of benzene rings is 1. The molecule has 7 nitrogen and oxygen atoms in total. The molecule has 1 heterocycles. The van der Waals surface area contributed by atoms with Crippen LogP contribution in [0.1, 0.15) is 11.7 Å². The van der Waals surface area contributed by atoms with Crippen molar-refractivity contribution >= 4 is 17.5 Å². The average Bonchev–Trinajstić information content (AvgIpc) is 2.92. The maximum absolute atomic E-state index is 11.7. The second-order valence-corrected chi connectivity index (χ2v) is 4.53. The van der Waals surface area contributed by atoms with Crippen molar-refractivity contribution in [3.63, 3.8) is 0 Å². The van der Waals surface area contributed by atoms with Gasteiger partial charge in [-0.2, -0.15) is 0 Å². The standard InChI is InChI=1S/C12H14ClN5O2/c1-20-11(9-3-2-4-10(13)5-9)6-14-12(19)7-18-8-15-16-17-18/h2-5,8,11H,6-7H2,1H3,(H,14,19). The minimum atomic E-state index is -0.258. The number of aromatic nitrogens is 4. The van der Waals surface area contributed by atoms with Gasteiger partial charge in [0.15, 0.2) is 0 Å². The fraction of sp³-hybridized carbons (Fsp3) is 0.333. The zero-order chi connectivity index (χ0) is 14.4. The van der Waals surface area contributed by atoms with Gasteiger partial charge < -0.3 is 10.1 Å². The van der Waals surface area contributed by atoms with Gasteiger partial charge >= 0.3 is 0 Å². The molecule has 1 N–H and O–H groups in total. The van der Waals surface area contributed by atoms with Gasteiger partial charge in [0.1, 0.15) is 12.9 Å². The molecular formula is C12H14ClN5O2. The fourth-order valence-electron chi connectivity index (χ4n) is 1.71. The molecule has 0 aliphatic rings. The van der Waals surface area contributed by atoms with Gasteiger partial charge in [-0.3, -0.25) is 4.79 Å². The van der Waals surface area contributed by atoms with E-state index in [9.17, 15) is 4.79 Å². The summed E-state index contributed by atoms with van der Waals surface area (Å²) >= 11 is 5.94. The van der Waals surface area contributed by atoms with Crippen molar-refractivity contribution in [1.29, 1.82) is 0 Å². The van der Waals surface area contributed by atoms with Gasteiger partial charge in [-0.05, 0) is 28.1 Å². The molecule has 0 spiro atoms. The molecule has 0 saturated heterocycles. The van der Waals surface area contributed by atoms with Crippen molar-refractivity contribution in [3.8, 4) is 0 Å². The number of rotatable bonds is 6. The first-order valence-electron chi connectivity index (χ1n) is 5.95. The van der Waals surface area contributed by atoms with E-state index in [1.54, 1.807) is 13.2 Å². The van der Waals surface area contributed by atoms with Crippen molar-refractivity contribution in [1.82, 2.24) is 25.5 Å². The van der Waals surface area contributed by atoms with E-state index in [1.165, 1.54) is 11.0 Å². The van der Waals surface area contributed by atoms with E-state index in [0.29, 0.717) is 11.6 Å². The number of nitrogens with one attached hydrogen (secondary N) is 1. The number of methoxy groups -OCH3 is 1. The third kappa shape index (κ3) is 4.01. The number of hydrogen-bond donors (Lipinski definition) is 1. The normalized spacial score (nSPS) is 12.1. The number of carbonyl (C=O) groups excluding carboxylic acids is 1. The number of tetrazole rings is 1. The highest BCUT2D eigenvalue weighted by Gasteiger charge is 2.12. The Morgan fingerprint density at radius 3 is 3.05 bits per heavy atom. The number of nitrogens with zero attached hydrogens (tertiary/aromatic N) is 4. The van der Waals surface area contributed by atoms with Gasteiger partial charge in [-0.1, -0.05) is 23.7 Å². The number of hydrogen-bond acceptors (Lipinski definition) is 5. The third-order valence-electron chi connectivity index (χ3n) is 2.69. The second kappa shape index (κ2) is 6.97. The fourth-order valence-corrected chi connectivity index (χ4v) is 1.91. The molecule has 1 unspecified atom stereocenters. The number of amides is 1. The predicted molar refractivity (Wildman–Crippen MR) is 72.0 cm³/mol. The molecule has 0 bridgehead atoms. The van der Waals surface area contributed by atoms with Crippen molar-refractivity contribution in [2.45, 2.75) is 12.6 Å². The zero-order valence-electron chi connectivity index (χ0n) is 10.9. The molecule has 0 saturated carbocycles. The third-order valence-corrected chi connectivity index (χ3v) is 2.92. The van der Waals surface area contributed by atoms with E-state index in [2.05, 4.69) is 20.8 Å². The van der Waals surface area contributed by atoms with E-state index in [1.807, 2.05) is 18.2 Å². The summed E-state index contributed by atoms with van der Waals surface area (Å²) in [6.07, 6.45) is 1.12. The molecule has 0 fully saturated rings. The quantitative estimate of drug-likeness (QED) is 0.853. The summed E-state index contributed by atoms with van der Waals surface area (Å²) in [5.41, 5.74) is 0.905. The SMILES string of the molecule is COC(CNC(=O)Cn1cnnn1)c1cccc(Cl)c1. The number of ether oxygens (including phenoxy) is 1. The van der Waals surface area contributed by atoms with Crippen LogP contribution >= 0.6 is 11.6 Å². The molecule has 0 aliphatic carbocycles. The van der Waals surface area contributed by atoms with Crippen LogP contribution in [-0.2, 0) is 16.1 Å². The van der Waals surface area contributed by atoms with Crippen LogP contribution in [0.15, 0.2) is 30.6 Å². The molecule has 1 aromatic carbocycles. The Balaban J connectivity index is 1.89. The summed E-state index contributed by atoms with van der Waals surface area (Å²) in [6.45, 7) is 0.413. The van der Waals surface area contributed by atoms with Crippen LogP contribution in [0.4, 0.5) is 0 Å². The molecule has 8 heteroatoms. The summed E-state index contributed by atoms with van der Waals surface area (Å²) < 4.78 is 6.70. The predicted octanol–water partition coefficient (Wildman–Crippen LogP) is 0.830. The Morgan fingerprint density at radius 1 is 1.55 bits per heavy atom. The first-order chi connectivity index (χ1) is 9.69. The molecule has 1 aromatic heterocycles. The van der Waals surface area contributed by atoms with Crippen LogP contribution in [0.3, 0.4) is 0 Å². The highest BCUT2D eigenvalue weighted by atomic mass is 35.5. The van der Waals surface area contributed by atoms with E-state index < -0.39 is 0 Å². The van der Waals surface area contributed by atoms with Crippen LogP contribution in [-0.4, -0.2) is 39.8 Å². The van der Waals surface area contributed by atoms with Gasteiger partial charge in [0.25, 0.3) is 0 Å². The van der Waals surface area contributed by atoms with Crippen molar-refractivity contribution in [3.05, 3.63) is 41.2 Å². The molecule has 0 radical (unpaired) electrons. The smallest absolute Gasteiger partial charge is 0.241 e. The van der Waals surface area contributed by atoms with Crippen LogP contribution in [0.2, 0.25) is 5.02 Å². The maximum atomic E-state index is 11.7. The van der Waals surface area contributed by atoms with Crippen LogP contribution in [0.5, 0.6) is 0 Å². The van der Waals surface area contributed by atoms with Crippen molar-refractivity contribution < 1.29 is 9.53 Å². The van der Waals surface area contributed by atoms with E-state index in [-0.39, 0.29) is 18.6 Å². The number of carbonyl (C=O) groups is 1. The second-order valence-electron chi connectivity index (χ2n) is 4.09. The lowest BCUT2D eigenvalue weighted by atomic mass is 10.1. The summed E-state index contributed by atoms with van der Waals surface area (Å²) in [5, 5.41) is 13.9. The van der Waals surface area contributed by atoms with E-state index in [4.69, 9.17) is 16.3 Å². The van der Waals surface area contributed by atoms with Crippen LogP contribution < -0.4 is 5.32 Å². The van der Waals surface area contributed by atoms with Crippen LogP contribution in [0.25, 0.3) is 0 Å². The largest absolute Gasteiger partial charge is 0.375 e. The van der Waals surface area contributed by atoms with Gasteiger partial charge in [0.2, 0.25) is 5.91 Å².